The fourth-order valence-corrected chi connectivity index (χ4v) is 0.577. The third-order valence-electron chi connectivity index (χ3n) is 1.34. The van der Waals surface area contributed by atoms with Crippen molar-refractivity contribution in [2.24, 2.45) is 0 Å². The van der Waals surface area contributed by atoms with Crippen molar-refractivity contribution in [3.05, 3.63) is 0 Å². The molecular weight excluding hydrogens is 168 g/mol. The number of hydrogen-bond donors (Lipinski definition) is 5. The average Bonchev–Trinajstić information content (AvgIpc) is 2.12. The zero-order valence-electron chi connectivity index (χ0n) is 6.29. The van der Waals surface area contributed by atoms with Gasteiger partial charge >= 0.3 is 0 Å². The first-order chi connectivity index (χ1) is 5.54. The molecule has 0 aliphatic rings. The standard InChI is InChI=1S/C6H12O6/c7-1-3(9)5(11)6(12)4(10)2-8/h3-5,7-11H,1-2H2/t3-,4+,5-/m1/s1/i1+0,2+0,3+0,4+0,5+0,6+0. The normalized spacial score (nSPS) is 18.4. The Morgan fingerprint density at radius 3 is 1.92 bits per heavy atom. The number of carbonyl (C=O) groups excluding carboxylic acids is 1. The van der Waals surface area contributed by atoms with Gasteiger partial charge in [0, 0.05) is 0 Å². The van der Waals surface area contributed by atoms with E-state index in [4.69, 9.17) is 25.5 Å². The van der Waals surface area contributed by atoms with Gasteiger partial charge in [-0.1, -0.05) is 0 Å². The van der Waals surface area contributed by atoms with Gasteiger partial charge in [-0.2, -0.15) is 0 Å². The molecule has 5 N–H and O–H groups in total. The summed E-state index contributed by atoms with van der Waals surface area (Å²) in [6.45, 7) is -1.61. The summed E-state index contributed by atoms with van der Waals surface area (Å²) in [6.07, 6.45) is -5.21. The summed E-state index contributed by atoms with van der Waals surface area (Å²) in [5, 5.41) is 42.9. The van der Waals surface area contributed by atoms with Gasteiger partial charge in [-0.15, -0.1) is 0 Å². The molecule has 0 unspecified atom stereocenters. The van der Waals surface area contributed by atoms with Gasteiger partial charge in [-0.3, -0.25) is 4.79 Å². The zero-order valence-corrected chi connectivity index (χ0v) is 6.29. The van der Waals surface area contributed by atoms with Gasteiger partial charge in [0.05, 0.1) is 13.2 Å². The smallest absolute Gasteiger partial charge is 0.194 e. The Morgan fingerprint density at radius 2 is 1.58 bits per heavy atom. The molecule has 6 heteroatoms. The van der Waals surface area contributed by atoms with E-state index in [1.54, 1.807) is 0 Å². The van der Waals surface area contributed by atoms with Crippen LogP contribution >= 0.6 is 0 Å². The molecule has 0 aromatic carbocycles. The van der Waals surface area contributed by atoms with E-state index in [1.807, 2.05) is 0 Å². The van der Waals surface area contributed by atoms with E-state index < -0.39 is 37.3 Å². The molecular formula is C6H12O6. The molecule has 6 nitrogen and oxygen atoms in total. The second kappa shape index (κ2) is 5.18. The lowest BCUT2D eigenvalue weighted by atomic mass is 10.1. The van der Waals surface area contributed by atoms with Crippen LogP contribution in [0.25, 0.3) is 0 Å². The van der Waals surface area contributed by atoms with E-state index in [9.17, 15) is 4.79 Å². The Hall–Kier alpha value is -0.530. The Kier molecular flexibility index (Phi) is 4.95. The number of ketones is 1. The first-order valence-electron chi connectivity index (χ1n) is 3.34. The van der Waals surface area contributed by atoms with Crippen LogP contribution < -0.4 is 0 Å². The highest BCUT2D eigenvalue weighted by molar-refractivity contribution is 5.87. The van der Waals surface area contributed by atoms with E-state index >= 15 is 0 Å². The van der Waals surface area contributed by atoms with Crippen molar-refractivity contribution in [1.29, 1.82) is 0 Å². The van der Waals surface area contributed by atoms with Crippen LogP contribution in [0.3, 0.4) is 0 Å². The lowest BCUT2D eigenvalue weighted by molar-refractivity contribution is -0.144. The number of rotatable bonds is 5. The minimum atomic E-state index is -1.86. The molecule has 0 saturated carbocycles. The molecule has 0 aliphatic carbocycles. The van der Waals surface area contributed by atoms with Gasteiger partial charge in [-0.25, -0.2) is 0 Å². The summed E-state index contributed by atoms with van der Waals surface area (Å²) in [5.41, 5.74) is 0. The van der Waals surface area contributed by atoms with Crippen molar-refractivity contribution in [3.8, 4) is 0 Å². The van der Waals surface area contributed by atoms with Crippen LogP contribution in [-0.2, 0) is 4.79 Å². The summed E-state index contributed by atoms with van der Waals surface area (Å²) < 4.78 is 0. The van der Waals surface area contributed by atoms with Crippen molar-refractivity contribution in [1.82, 2.24) is 0 Å². The topological polar surface area (TPSA) is 118 Å². The average molecular weight is 180 g/mol. The van der Waals surface area contributed by atoms with Crippen molar-refractivity contribution in [3.63, 3.8) is 0 Å². The Labute approximate surface area is 68.7 Å². The van der Waals surface area contributed by atoms with Gasteiger partial charge < -0.3 is 25.5 Å². The molecule has 72 valence electrons. The highest BCUT2D eigenvalue weighted by Gasteiger charge is 2.28. The van der Waals surface area contributed by atoms with Gasteiger partial charge in [0.2, 0.25) is 0 Å². The maximum atomic E-state index is 10.7. The molecule has 0 radical (unpaired) electrons. The molecule has 0 heterocycles. The molecule has 0 saturated heterocycles. The van der Waals surface area contributed by atoms with Crippen molar-refractivity contribution >= 4 is 5.78 Å². The maximum Gasteiger partial charge on any atom is 0.194 e. The van der Waals surface area contributed by atoms with Gasteiger partial charge in [-0.05, 0) is 0 Å². The van der Waals surface area contributed by atoms with Crippen LogP contribution in [0.4, 0.5) is 0 Å². The van der Waals surface area contributed by atoms with Crippen LogP contribution in [0.1, 0.15) is 0 Å². The highest BCUT2D eigenvalue weighted by atomic mass is 16.4. The molecule has 0 aliphatic heterocycles. The van der Waals surface area contributed by atoms with Gasteiger partial charge in [0.25, 0.3) is 0 Å². The first kappa shape index (κ1) is 11.5. The molecule has 0 aromatic heterocycles. The fourth-order valence-electron chi connectivity index (χ4n) is 0.577. The van der Waals surface area contributed by atoms with Crippen LogP contribution in [0, 0.1) is 0 Å². The van der Waals surface area contributed by atoms with Crippen LogP contribution in [-0.4, -0.2) is 62.8 Å². The second-order valence-electron chi connectivity index (χ2n) is 2.30. The highest BCUT2D eigenvalue weighted by Crippen LogP contribution is 1.98. The zero-order chi connectivity index (χ0) is 9.72. The molecule has 0 amide bonds. The number of hydrogen-bond acceptors (Lipinski definition) is 6. The quantitative estimate of drug-likeness (QED) is 0.301. The summed E-state index contributed by atoms with van der Waals surface area (Å²) in [5.74, 6) is -1.11. The van der Waals surface area contributed by atoms with Crippen molar-refractivity contribution in [2.45, 2.75) is 18.3 Å². The number of carbonyl (C=O) groups is 1. The SMILES string of the molecule is O=[12C]([12C@@H](O)[12CH2]O)[12C@H](O)[12C@H](O)[12CH2]O. The van der Waals surface area contributed by atoms with Crippen molar-refractivity contribution in [2.75, 3.05) is 13.2 Å². The van der Waals surface area contributed by atoms with E-state index in [0.717, 1.165) is 0 Å². The first-order valence-corrected chi connectivity index (χ1v) is 3.34. The van der Waals surface area contributed by atoms with Crippen LogP contribution in [0.5, 0.6) is 0 Å². The third kappa shape index (κ3) is 2.84. The lowest BCUT2D eigenvalue weighted by Crippen LogP contribution is -2.43. The third-order valence-corrected chi connectivity index (χ3v) is 1.34. The minimum absolute atomic E-state index is 0.787. The van der Waals surface area contributed by atoms with Gasteiger partial charge in [0.1, 0.15) is 18.3 Å². The summed E-state index contributed by atoms with van der Waals surface area (Å²) >= 11 is 0. The predicted octanol–water partition coefficient (Wildman–Crippen LogP) is -3.38. The number of Topliss-reactive ketones (excluding diaryl/α,β-unsaturated/α-hetero) is 1. The van der Waals surface area contributed by atoms with E-state index in [1.165, 1.54) is 0 Å². The molecule has 3 atom stereocenters. The predicted molar refractivity (Wildman–Crippen MR) is 37.2 cm³/mol. The summed E-state index contributed by atoms with van der Waals surface area (Å²) in [4.78, 5) is 10.7. The summed E-state index contributed by atoms with van der Waals surface area (Å²) in [7, 11) is 0. The Bertz CT molecular complexity index is 147. The monoisotopic (exact) mass is 180 g/mol. The maximum absolute atomic E-state index is 10.7. The van der Waals surface area contributed by atoms with E-state index in [-0.39, 0.29) is 0 Å². The number of aliphatic hydroxyl groups excluding tert-OH is 5. The second-order valence-corrected chi connectivity index (χ2v) is 2.30. The Morgan fingerprint density at radius 1 is 1.08 bits per heavy atom. The summed E-state index contributed by atoms with van der Waals surface area (Å²) in [6, 6.07) is 0. The molecule has 0 rings (SSSR count). The van der Waals surface area contributed by atoms with Crippen LogP contribution in [0.2, 0.25) is 0 Å². The molecule has 0 bridgehead atoms. The fraction of sp³-hybridized carbons (Fsp3) is 0.833. The largest absolute Gasteiger partial charge is 0.394 e. The Balaban J connectivity index is 4.09. The van der Waals surface area contributed by atoms with E-state index in [2.05, 4.69) is 0 Å². The molecule has 0 spiro atoms. The molecule has 0 aromatic rings. The van der Waals surface area contributed by atoms with E-state index in [0.29, 0.717) is 0 Å². The molecule has 0 fully saturated rings. The lowest BCUT2D eigenvalue weighted by Gasteiger charge is -2.16. The van der Waals surface area contributed by atoms with Crippen molar-refractivity contribution < 1.29 is 30.3 Å². The van der Waals surface area contributed by atoms with Gasteiger partial charge in [0.15, 0.2) is 5.78 Å². The molecule has 12 heavy (non-hydrogen) atoms. The number of aliphatic hydroxyl groups is 5. The minimum Gasteiger partial charge on any atom is -0.394 e. The van der Waals surface area contributed by atoms with Crippen LogP contribution in [0.15, 0.2) is 0 Å².